The normalized spacial score (nSPS) is 38.9. The van der Waals surface area contributed by atoms with Gasteiger partial charge in [-0.15, -0.1) is 0 Å². The summed E-state index contributed by atoms with van der Waals surface area (Å²) in [5, 5.41) is 0. The van der Waals surface area contributed by atoms with Crippen LogP contribution in [-0.4, -0.2) is 5.78 Å². The highest BCUT2D eigenvalue weighted by molar-refractivity contribution is 5.91. The first kappa shape index (κ1) is 21.8. The lowest BCUT2D eigenvalue weighted by molar-refractivity contribution is -0.118. The van der Waals surface area contributed by atoms with Crippen molar-refractivity contribution in [3.05, 3.63) is 23.3 Å². The summed E-state index contributed by atoms with van der Waals surface area (Å²) >= 11 is 0. The zero-order valence-corrected chi connectivity index (χ0v) is 19.4. The minimum atomic E-state index is 0.304. The molecule has 0 aromatic carbocycles. The number of hydrogen-bond acceptors (Lipinski definition) is 1. The van der Waals surface area contributed by atoms with E-state index in [4.69, 9.17) is 0 Å². The first-order chi connectivity index (χ1) is 13.2. The fourth-order valence-corrected chi connectivity index (χ4v) is 7.43. The maximum absolute atomic E-state index is 12.0. The average molecular weight is 385 g/mol. The summed E-state index contributed by atoms with van der Waals surface area (Å²) in [7, 11) is 0. The fourth-order valence-electron chi connectivity index (χ4n) is 7.43. The Bertz CT molecular complexity index is 637. The molecule has 0 spiro atoms. The zero-order chi connectivity index (χ0) is 20.5. The monoisotopic (exact) mass is 384 g/mol. The molecule has 0 aromatic heterocycles. The van der Waals surface area contributed by atoms with Crippen LogP contribution in [0, 0.1) is 34.5 Å². The first-order valence-corrected chi connectivity index (χ1v) is 12.1. The van der Waals surface area contributed by atoms with Crippen LogP contribution in [-0.2, 0) is 4.79 Å². The maximum atomic E-state index is 12.0. The second-order valence-electron chi connectivity index (χ2n) is 11.0. The topological polar surface area (TPSA) is 17.1 Å². The van der Waals surface area contributed by atoms with Crippen molar-refractivity contribution in [1.29, 1.82) is 0 Å². The molecule has 2 saturated carbocycles. The van der Waals surface area contributed by atoms with E-state index < -0.39 is 0 Å². The number of fused-ring (bicyclic) bond motifs is 3. The van der Waals surface area contributed by atoms with Gasteiger partial charge in [-0.2, -0.15) is 0 Å². The van der Waals surface area contributed by atoms with Gasteiger partial charge in [0, 0.05) is 6.42 Å². The van der Waals surface area contributed by atoms with Gasteiger partial charge in [-0.05, 0) is 106 Å². The highest BCUT2D eigenvalue weighted by Crippen LogP contribution is 2.63. The molecule has 158 valence electrons. The number of allylic oxidation sites excluding steroid dienone is 4. The summed E-state index contributed by atoms with van der Waals surface area (Å²) in [6.45, 7) is 14.5. The SMILES string of the molecule is CC[C@H]1C2CCC3=CC(=O)CC[C@]3(C)[C@H]2CC[C@]1(C)[C@H](C)CCCC=C(C)C. The van der Waals surface area contributed by atoms with Crippen molar-refractivity contribution in [1.82, 2.24) is 0 Å². The van der Waals surface area contributed by atoms with Crippen molar-refractivity contribution in [2.75, 3.05) is 0 Å². The molecular formula is C27H44O. The predicted molar refractivity (Wildman–Crippen MR) is 120 cm³/mol. The van der Waals surface area contributed by atoms with Crippen molar-refractivity contribution >= 4 is 5.78 Å². The molecule has 1 heteroatoms. The Balaban J connectivity index is 1.76. The van der Waals surface area contributed by atoms with Crippen LogP contribution < -0.4 is 0 Å². The summed E-state index contributed by atoms with van der Waals surface area (Å²) in [5.74, 6) is 3.70. The van der Waals surface area contributed by atoms with E-state index in [0.29, 0.717) is 16.6 Å². The highest BCUT2D eigenvalue weighted by Gasteiger charge is 2.55. The molecule has 3 aliphatic carbocycles. The van der Waals surface area contributed by atoms with E-state index in [9.17, 15) is 4.79 Å². The number of hydrogen-bond donors (Lipinski definition) is 0. The summed E-state index contributed by atoms with van der Waals surface area (Å²) in [6, 6.07) is 0. The second-order valence-corrected chi connectivity index (χ2v) is 11.0. The number of carbonyl (C=O) groups excluding carboxylic acids is 1. The Labute approximate surface area is 174 Å². The minimum Gasteiger partial charge on any atom is -0.295 e. The quantitative estimate of drug-likeness (QED) is 0.336. The molecule has 0 aromatic rings. The fraction of sp³-hybridized carbons (Fsp3) is 0.815. The molecule has 0 amide bonds. The summed E-state index contributed by atoms with van der Waals surface area (Å²) in [6.07, 6.45) is 16.8. The van der Waals surface area contributed by atoms with Gasteiger partial charge in [0.1, 0.15) is 0 Å². The van der Waals surface area contributed by atoms with Gasteiger partial charge >= 0.3 is 0 Å². The predicted octanol–water partition coefficient (Wildman–Crippen LogP) is 7.91. The van der Waals surface area contributed by atoms with E-state index in [1.54, 1.807) is 0 Å². The van der Waals surface area contributed by atoms with Crippen LogP contribution >= 0.6 is 0 Å². The minimum absolute atomic E-state index is 0.304. The lowest BCUT2D eigenvalue weighted by atomic mass is 9.45. The molecule has 1 unspecified atom stereocenters. The van der Waals surface area contributed by atoms with Crippen LogP contribution in [0.4, 0.5) is 0 Å². The van der Waals surface area contributed by atoms with E-state index >= 15 is 0 Å². The van der Waals surface area contributed by atoms with Crippen LogP contribution in [0.1, 0.15) is 106 Å². The van der Waals surface area contributed by atoms with Crippen LogP contribution in [0.3, 0.4) is 0 Å². The third-order valence-electron chi connectivity index (χ3n) is 9.36. The van der Waals surface area contributed by atoms with Gasteiger partial charge < -0.3 is 0 Å². The summed E-state index contributed by atoms with van der Waals surface area (Å²) in [4.78, 5) is 12.0. The Hall–Kier alpha value is -0.850. The highest BCUT2D eigenvalue weighted by atomic mass is 16.1. The van der Waals surface area contributed by atoms with Gasteiger partial charge in [-0.25, -0.2) is 0 Å². The van der Waals surface area contributed by atoms with Gasteiger partial charge in [0.25, 0.3) is 0 Å². The van der Waals surface area contributed by atoms with Gasteiger partial charge in [-0.3, -0.25) is 4.79 Å². The van der Waals surface area contributed by atoms with E-state index in [1.807, 2.05) is 6.08 Å². The number of ketones is 1. The number of carbonyl (C=O) groups is 1. The van der Waals surface area contributed by atoms with E-state index in [0.717, 1.165) is 36.5 Å². The lowest BCUT2D eigenvalue weighted by Gasteiger charge is -2.60. The zero-order valence-electron chi connectivity index (χ0n) is 19.4. The number of unbranched alkanes of at least 4 members (excludes halogenated alkanes) is 1. The van der Waals surface area contributed by atoms with E-state index in [-0.39, 0.29) is 0 Å². The molecule has 6 atom stereocenters. The van der Waals surface area contributed by atoms with Crippen molar-refractivity contribution < 1.29 is 4.79 Å². The molecule has 3 rings (SSSR count). The molecule has 0 aliphatic heterocycles. The Morgan fingerprint density at radius 2 is 1.96 bits per heavy atom. The van der Waals surface area contributed by atoms with Gasteiger partial charge in [0.2, 0.25) is 0 Å². The number of rotatable bonds is 6. The molecule has 1 nitrogen and oxygen atoms in total. The molecule has 0 heterocycles. The standard InChI is InChI=1S/C27H44O/c1-7-24-23-13-12-21-18-22(28)14-16-27(21,6)25(23)15-17-26(24,5)20(4)11-9-8-10-19(2)3/h10,18,20,23-25H,7-9,11-17H2,1-6H3/t20-,23?,24+,25+,26-,27+/m1/s1. The molecule has 3 aliphatic rings. The van der Waals surface area contributed by atoms with Crippen molar-refractivity contribution in [3.63, 3.8) is 0 Å². The Morgan fingerprint density at radius 3 is 2.64 bits per heavy atom. The van der Waals surface area contributed by atoms with Crippen LogP contribution in [0.25, 0.3) is 0 Å². The van der Waals surface area contributed by atoms with Gasteiger partial charge in [0.15, 0.2) is 5.78 Å². The molecule has 28 heavy (non-hydrogen) atoms. The molecule has 2 fully saturated rings. The third kappa shape index (κ3) is 3.92. The summed E-state index contributed by atoms with van der Waals surface area (Å²) < 4.78 is 0. The van der Waals surface area contributed by atoms with Crippen LogP contribution in [0.2, 0.25) is 0 Å². The first-order valence-electron chi connectivity index (χ1n) is 12.1. The molecule has 0 saturated heterocycles. The van der Waals surface area contributed by atoms with Crippen molar-refractivity contribution in [2.45, 2.75) is 106 Å². The van der Waals surface area contributed by atoms with Crippen molar-refractivity contribution in [3.8, 4) is 0 Å². The Morgan fingerprint density at radius 1 is 1.21 bits per heavy atom. The molecular weight excluding hydrogens is 340 g/mol. The van der Waals surface area contributed by atoms with Gasteiger partial charge in [0.05, 0.1) is 0 Å². The van der Waals surface area contributed by atoms with Crippen LogP contribution in [0.5, 0.6) is 0 Å². The maximum Gasteiger partial charge on any atom is 0.155 e. The van der Waals surface area contributed by atoms with E-state index in [2.05, 4.69) is 47.6 Å². The smallest absolute Gasteiger partial charge is 0.155 e. The third-order valence-corrected chi connectivity index (χ3v) is 9.36. The average Bonchev–Trinajstić information content (AvgIpc) is 2.65. The largest absolute Gasteiger partial charge is 0.295 e. The molecule has 0 bridgehead atoms. The lowest BCUT2D eigenvalue weighted by Crippen LogP contribution is -2.52. The molecule has 0 radical (unpaired) electrons. The van der Waals surface area contributed by atoms with Crippen molar-refractivity contribution in [2.24, 2.45) is 34.5 Å². The van der Waals surface area contributed by atoms with Gasteiger partial charge in [-0.1, -0.05) is 51.3 Å². The van der Waals surface area contributed by atoms with E-state index in [1.165, 1.54) is 62.5 Å². The van der Waals surface area contributed by atoms with Crippen LogP contribution in [0.15, 0.2) is 23.3 Å². The Kier molecular flexibility index (Phi) is 6.62. The molecule has 0 N–H and O–H groups in total. The summed E-state index contributed by atoms with van der Waals surface area (Å²) in [5.41, 5.74) is 3.75. The second kappa shape index (κ2) is 8.49.